The van der Waals surface area contributed by atoms with Crippen LogP contribution in [0, 0.1) is 0 Å². The molecule has 1 aliphatic rings. The van der Waals surface area contributed by atoms with Crippen LogP contribution in [0.15, 0.2) is 18.2 Å². The van der Waals surface area contributed by atoms with Gasteiger partial charge in [-0.15, -0.1) is 11.6 Å². The summed E-state index contributed by atoms with van der Waals surface area (Å²) in [6, 6.07) is 5.54. The molecule has 2 N–H and O–H groups in total. The quantitative estimate of drug-likeness (QED) is 0.817. The van der Waals surface area contributed by atoms with Crippen LogP contribution in [0.2, 0.25) is 10.0 Å². The first kappa shape index (κ1) is 11.5. The average molecular weight is 268 g/mol. The topological polar surface area (TPSA) is 25.8 Å². The van der Waals surface area contributed by atoms with E-state index in [4.69, 9.17) is 39.5 Å². The third-order valence-electron chi connectivity index (χ3n) is 2.40. The van der Waals surface area contributed by atoms with Crippen LogP contribution in [0.5, 0.6) is 0 Å². The minimum absolute atomic E-state index is 0.0106. The molecule has 0 aromatic heterocycles. The van der Waals surface area contributed by atoms with Gasteiger partial charge in [0.1, 0.15) is 12.6 Å². The number of benzene rings is 1. The Balaban J connectivity index is 2.13. The smallest absolute Gasteiger partial charge is 0.217 e. The van der Waals surface area contributed by atoms with E-state index in [2.05, 4.69) is 5.32 Å². The van der Waals surface area contributed by atoms with Crippen molar-refractivity contribution in [3.05, 3.63) is 33.8 Å². The van der Waals surface area contributed by atoms with Crippen LogP contribution < -0.4 is 5.32 Å². The van der Waals surface area contributed by atoms with Crippen molar-refractivity contribution in [3.8, 4) is 0 Å². The zero-order chi connectivity index (χ0) is 10.8. The molecule has 2 rings (SSSR count). The zero-order valence-electron chi connectivity index (χ0n) is 7.92. The van der Waals surface area contributed by atoms with E-state index in [1.165, 1.54) is 0 Å². The predicted molar refractivity (Wildman–Crippen MR) is 61.6 cm³/mol. The second-order valence-corrected chi connectivity index (χ2v) is 4.60. The summed E-state index contributed by atoms with van der Waals surface area (Å²) in [5.41, 5.74) is 1.03. The maximum Gasteiger partial charge on any atom is 0.217 e. The second-order valence-electron chi connectivity index (χ2n) is 3.48. The standard InChI is InChI=1S/C10H10Cl3NO/c11-4-7-5-14-10(15-7)6-1-2-8(12)9(13)3-6/h1-3,7,10,14H,4-5H2/p+1/t7-,10-/m1/s1. The number of hydrogen-bond acceptors (Lipinski definition) is 1. The number of nitrogens with two attached hydrogens (primary N) is 1. The Morgan fingerprint density at radius 3 is 2.73 bits per heavy atom. The molecule has 5 heteroatoms. The van der Waals surface area contributed by atoms with Gasteiger partial charge in [-0.05, 0) is 18.2 Å². The van der Waals surface area contributed by atoms with E-state index >= 15 is 0 Å². The van der Waals surface area contributed by atoms with Gasteiger partial charge in [-0.3, -0.25) is 0 Å². The van der Waals surface area contributed by atoms with Crippen LogP contribution in [-0.4, -0.2) is 18.5 Å². The first-order chi connectivity index (χ1) is 7.20. The van der Waals surface area contributed by atoms with E-state index in [0.717, 1.165) is 12.1 Å². The molecular formula is C10H11Cl3NO+. The molecule has 2 atom stereocenters. The number of rotatable bonds is 2. The fourth-order valence-electron chi connectivity index (χ4n) is 1.60. The van der Waals surface area contributed by atoms with Crippen molar-refractivity contribution < 1.29 is 10.1 Å². The van der Waals surface area contributed by atoms with Crippen molar-refractivity contribution in [2.24, 2.45) is 0 Å². The van der Waals surface area contributed by atoms with Crippen molar-refractivity contribution in [1.82, 2.24) is 0 Å². The summed E-state index contributed by atoms with van der Waals surface area (Å²) >= 11 is 17.5. The molecule has 1 fully saturated rings. The van der Waals surface area contributed by atoms with E-state index in [-0.39, 0.29) is 12.3 Å². The number of ether oxygens (including phenoxy) is 1. The van der Waals surface area contributed by atoms with Crippen LogP contribution >= 0.6 is 34.8 Å². The molecule has 0 bridgehead atoms. The van der Waals surface area contributed by atoms with Gasteiger partial charge >= 0.3 is 0 Å². The van der Waals surface area contributed by atoms with Gasteiger partial charge in [-0.25, -0.2) is 0 Å². The molecule has 0 saturated carbocycles. The molecule has 0 aliphatic carbocycles. The Kier molecular flexibility index (Phi) is 3.75. The Morgan fingerprint density at radius 2 is 2.13 bits per heavy atom. The number of halogens is 3. The van der Waals surface area contributed by atoms with Crippen molar-refractivity contribution in [2.45, 2.75) is 12.3 Å². The Hall–Kier alpha value is 0.01000. The monoisotopic (exact) mass is 266 g/mol. The predicted octanol–water partition coefficient (Wildman–Crippen LogP) is 2.19. The molecule has 1 aromatic rings. The van der Waals surface area contributed by atoms with E-state index in [1.807, 2.05) is 12.1 Å². The van der Waals surface area contributed by atoms with Crippen LogP contribution in [0.3, 0.4) is 0 Å². The van der Waals surface area contributed by atoms with Gasteiger partial charge in [0.05, 0.1) is 15.9 Å². The van der Waals surface area contributed by atoms with Gasteiger partial charge in [0.2, 0.25) is 6.23 Å². The van der Waals surface area contributed by atoms with Crippen molar-refractivity contribution in [1.29, 1.82) is 0 Å². The van der Waals surface area contributed by atoms with Crippen LogP contribution in [0.1, 0.15) is 11.8 Å². The molecule has 82 valence electrons. The number of quaternary nitrogens is 1. The molecule has 1 aromatic carbocycles. The highest BCUT2D eigenvalue weighted by atomic mass is 35.5. The lowest BCUT2D eigenvalue weighted by Gasteiger charge is -2.08. The molecule has 15 heavy (non-hydrogen) atoms. The van der Waals surface area contributed by atoms with E-state index in [1.54, 1.807) is 6.07 Å². The molecular weight excluding hydrogens is 256 g/mol. The van der Waals surface area contributed by atoms with Crippen LogP contribution in [0.4, 0.5) is 0 Å². The van der Waals surface area contributed by atoms with Gasteiger partial charge in [-0.1, -0.05) is 23.2 Å². The summed E-state index contributed by atoms with van der Waals surface area (Å²) < 4.78 is 5.70. The highest BCUT2D eigenvalue weighted by molar-refractivity contribution is 6.42. The van der Waals surface area contributed by atoms with Gasteiger partial charge in [0, 0.05) is 5.56 Å². The fraction of sp³-hybridized carbons (Fsp3) is 0.400. The molecule has 1 heterocycles. The summed E-state index contributed by atoms with van der Waals surface area (Å²) in [7, 11) is 0. The number of hydrogen-bond donors (Lipinski definition) is 1. The summed E-state index contributed by atoms with van der Waals surface area (Å²) in [6.45, 7) is 0.883. The third kappa shape index (κ3) is 2.58. The maximum absolute atomic E-state index is 5.94. The minimum Gasteiger partial charge on any atom is -0.315 e. The minimum atomic E-state index is -0.0106. The molecule has 0 radical (unpaired) electrons. The van der Waals surface area contributed by atoms with Crippen molar-refractivity contribution >= 4 is 34.8 Å². The summed E-state index contributed by atoms with van der Waals surface area (Å²) in [4.78, 5) is 0. The molecule has 0 unspecified atom stereocenters. The van der Waals surface area contributed by atoms with Crippen LogP contribution in [-0.2, 0) is 4.74 Å². The molecule has 1 aliphatic heterocycles. The van der Waals surface area contributed by atoms with E-state index in [0.29, 0.717) is 15.9 Å². The first-order valence-corrected chi connectivity index (χ1v) is 5.99. The zero-order valence-corrected chi connectivity index (χ0v) is 10.2. The summed E-state index contributed by atoms with van der Waals surface area (Å²) in [6.07, 6.45) is 0.106. The molecule has 0 spiro atoms. The third-order valence-corrected chi connectivity index (χ3v) is 3.48. The highest BCUT2D eigenvalue weighted by Gasteiger charge is 2.29. The molecule has 1 saturated heterocycles. The lowest BCUT2D eigenvalue weighted by atomic mass is 10.2. The average Bonchev–Trinajstić information content (AvgIpc) is 2.70. The largest absolute Gasteiger partial charge is 0.315 e. The molecule has 0 amide bonds. The Bertz CT molecular complexity index is 359. The highest BCUT2D eigenvalue weighted by Crippen LogP contribution is 2.26. The lowest BCUT2D eigenvalue weighted by Crippen LogP contribution is -2.82. The van der Waals surface area contributed by atoms with Gasteiger partial charge < -0.3 is 10.1 Å². The second kappa shape index (κ2) is 4.89. The summed E-state index contributed by atoms with van der Waals surface area (Å²) in [5.74, 6) is 0.522. The Labute approximate surface area is 103 Å². The van der Waals surface area contributed by atoms with Crippen molar-refractivity contribution in [3.63, 3.8) is 0 Å². The van der Waals surface area contributed by atoms with Crippen LogP contribution in [0.25, 0.3) is 0 Å². The van der Waals surface area contributed by atoms with Gasteiger partial charge in [0.15, 0.2) is 0 Å². The van der Waals surface area contributed by atoms with E-state index < -0.39 is 0 Å². The normalized spacial score (nSPS) is 25.8. The lowest BCUT2D eigenvalue weighted by molar-refractivity contribution is -0.697. The first-order valence-electron chi connectivity index (χ1n) is 4.70. The van der Waals surface area contributed by atoms with E-state index in [9.17, 15) is 0 Å². The van der Waals surface area contributed by atoms with Crippen molar-refractivity contribution in [2.75, 3.05) is 12.4 Å². The fourth-order valence-corrected chi connectivity index (χ4v) is 2.10. The maximum atomic E-state index is 5.94. The van der Waals surface area contributed by atoms with Gasteiger partial charge in [0.25, 0.3) is 0 Å². The molecule has 2 nitrogen and oxygen atoms in total. The number of alkyl halides is 1. The SMILES string of the molecule is ClC[C@@H]1C[NH2+][C@@H](c2ccc(Cl)c(Cl)c2)O1. The summed E-state index contributed by atoms with van der Waals surface area (Å²) in [5, 5.41) is 3.22. The van der Waals surface area contributed by atoms with Gasteiger partial charge in [-0.2, -0.15) is 0 Å². The Morgan fingerprint density at radius 1 is 1.33 bits per heavy atom.